The Balaban J connectivity index is 2.88. The minimum atomic E-state index is -0.308. The van der Waals surface area contributed by atoms with E-state index in [9.17, 15) is 5.21 Å². The molecule has 0 atom stereocenters. The number of aromatic hydroxyl groups is 1. The van der Waals surface area contributed by atoms with Crippen LogP contribution in [0, 0.1) is 5.21 Å². The van der Waals surface area contributed by atoms with E-state index in [0.717, 1.165) is 6.20 Å². The van der Waals surface area contributed by atoms with Gasteiger partial charge in [0.1, 0.15) is 12.8 Å². The van der Waals surface area contributed by atoms with Gasteiger partial charge in [0, 0.05) is 0 Å². The molecule has 1 aromatic rings. The standard InChI is InChI=1S/C7H10N2O4/c8-7-3-6(13-2-1-10)5(11)4-9(7)12/h3-4,10-11H,1-2,8H2. The molecule has 0 saturated heterocycles. The van der Waals surface area contributed by atoms with Crippen LogP contribution in [0.2, 0.25) is 0 Å². The molecule has 0 aliphatic carbocycles. The number of rotatable bonds is 3. The molecular weight excluding hydrogens is 176 g/mol. The van der Waals surface area contributed by atoms with Gasteiger partial charge in [-0.1, -0.05) is 0 Å². The van der Waals surface area contributed by atoms with E-state index in [-0.39, 0.29) is 30.5 Å². The van der Waals surface area contributed by atoms with Crippen LogP contribution in [0.1, 0.15) is 0 Å². The summed E-state index contributed by atoms with van der Waals surface area (Å²) in [6, 6.07) is 1.19. The number of aromatic nitrogens is 1. The Bertz CT molecular complexity index is 303. The molecule has 0 aliphatic heterocycles. The van der Waals surface area contributed by atoms with Gasteiger partial charge < -0.3 is 20.2 Å². The fraction of sp³-hybridized carbons (Fsp3) is 0.286. The molecule has 0 saturated carbocycles. The van der Waals surface area contributed by atoms with E-state index in [0.29, 0.717) is 4.73 Å². The lowest BCUT2D eigenvalue weighted by atomic mass is 10.4. The third-order valence-corrected chi connectivity index (χ3v) is 1.37. The number of nitrogens with zero attached hydrogens (tertiary/aromatic N) is 1. The van der Waals surface area contributed by atoms with Crippen molar-refractivity contribution >= 4 is 5.82 Å². The van der Waals surface area contributed by atoms with E-state index in [2.05, 4.69) is 0 Å². The molecule has 1 heterocycles. The van der Waals surface area contributed by atoms with Crippen molar-refractivity contribution in [2.75, 3.05) is 18.9 Å². The maximum atomic E-state index is 10.8. The number of hydrogen-bond donors (Lipinski definition) is 3. The zero-order valence-electron chi connectivity index (χ0n) is 6.80. The molecule has 72 valence electrons. The van der Waals surface area contributed by atoms with E-state index in [1.165, 1.54) is 6.07 Å². The van der Waals surface area contributed by atoms with Crippen molar-refractivity contribution in [2.45, 2.75) is 0 Å². The Morgan fingerprint density at radius 1 is 1.62 bits per heavy atom. The molecule has 0 bridgehead atoms. The maximum absolute atomic E-state index is 10.8. The molecule has 0 aromatic carbocycles. The molecule has 1 rings (SSSR count). The van der Waals surface area contributed by atoms with Crippen molar-refractivity contribution in [3.63, 3.8) is 0 Å². The summed E-state index contributed by atoms with van der Waals surface area (Å²) in [5.41, 5.74) is 5.26. The van der Waals surface area contributed by atoms with Crippen LogP contribution in [0.3, 0.4) is 0 Å². The zero-order chi connectivity index (χ0) is 9.84. The smallest absolute Gasteiger partial charge is 0.279 e. The second kappa shape index (κ2) is 3.81. The largest absolute Gasteiger partial charge is 0.710 e. The van der Waals surface area contributed by atoms with Gasteiger partial charge in [-0.15, -0.1) is 0 Å². The number of ether oxygens (including phenoxy) is 1. The summed E-state index contributed by atoms with van der Waals surface area (Å²) < 4.78 is 5.21. The van der Waals surface area contributed by atoms with Gasteiger partial charge in [0.2, 0.25) is 0 Å². The van der Waals surface area contributed by atoms with E-state index in [4.69, 9.17) is 20.7 Å². The number of hydrogen-bond acceptors (Lipinski definition) is 5. The molecule has 6 nitrogen and oxygen atoms in total. The monoisotopic (exact) mass is 186 g/mol. The van der Waals surface area contributed by atoms with Crippen molar-refractivity contribution in [3.05, 3.63) is 17.5 Å². The van der Waals surface area contributed by atoms with Crippen LogP contribution in [0.15, 0.2) is 12.3 Å². The van der Waals surface area contributed by atoms with Gasteiger partial charge in [-0.05, 0) is 0 Å². The Morgan fingerprint density at radius 3 is 2.92 bits per heavy atom. The van der Waals surface area contributed by atoms with Gasteiger partial charge in [0.25, 0.3) is 5.82 Å². The van der Waals surface area contributed by atoms with Crippen LogP contribution >= 0.6 is 0 Å². The van der Waals surface area contributed by atoms with E-state index >= 15 is 0 Å². The quantitative estimate of drug-likeness (QED) is 0.414. The highest BCUT2D eigenvalue weighted by atomic mass is 16.5. The predicted octanol–water partition coefficient (Wildman–Crippen LogP) is -1.02. The van der Waals surface area contributed by atoms with Crippen LogP contribution in [0.25, 0.3) is 0 Å². The lowest BCUT2D eigenvalue weighted by Crippen LogP contribution is -2.29. The first-order chi connectivity index (χ1) is 6.15. The van der Waals surface area contributed by atoms with E-state index in [1.807, 2.05) is 0 Å². The van der Waals surface area contributed by atoms with Gasteiger partial charge in [-0.3, -0.25) is 5.73 Å². The summed E-state index contributed by atoms with van der Waals surface area (Å²) in [5.74, 6) is -0.304. The topological polar surface area (TPSA) is 103 Å². The molecule has 0 amide bonds. The molecule has 0 spiro atoms. The zero-order valence-corrected chi connectivity index (χ0v) is 6.80. The predicted molar refractivity (Wildman–Crippen MR) is 44.1 cm³/mol. The van der Waals surface area contributed by atoms with Crippen molar-refractivity contribution in [1.82, 2.24) is 0 Å². The summed E-state index contributed by atoms with van der Waals surface area (Å²) in [7, 11) is 0. The normalized spacial score (nSPS) is 9.92. The Labute approximate surface area is 74.4 Å². The van der Waals surface area contributed by atoms with Crippen LogP contribution in [-0.4, -0.2) is 23.4 Å². The van der Waals surface area contributed by atoms with E-state index in [1.54, 1.807) is 0 Å². The van der Waals surface area contributed by atoms with Gasteiger partial charge in [-0.2, -0.15) is 0 Å². The number of nitrogens with two attached hydrogens (primary N) is 1. The first-order valence-electron chi connectivity index (χ1n) is 3.60. The molecule has 0 radical (unpaired) electrons. The van der Waals surface area contributed by atoms with Crippen molar-refractivity contribution in [2.24, 2.45) is 0 Å². The summed E-state index contributed by atoms with van der Waals surface area (Å²) in [6.07, 6.45) is 0.891. The van der Waals surface area contributed by atoms with Crippen LogP contribution in [-0.2, 0) is 0 Å². The molecule has 6 heteroatoms. The number of nitrogen functional groups attached to an aromatic ring is 1. The fourth-order valence-corrected chi connectivity index (χ4v) is 0.792. The lowest BCUT2D eigenvalue weighted by Gasteiger charge is -2.09. The third kappa shape index (κ3) is 2.12. The van der Waals surface area contributed by atoms with E-state index < -0.39 is 0 Å². The minimum absolute atomic E-state index is 0.0376. The van der Waals surface area contributed by atoms with Crippen molar-refractivity contribution in [1.29, 1.82) is 0 Å². The molecule has 4 N–H and O–H groups in total. The third-order valence-electron chi connectivity index (χ3n) is 1.37. The van der Waals surface area contributed by atoms with Gasteiger partial charge in [-0.25, -0.2) is 4.73 Å². The van der Waals surface area contributed by atoms with Crippen LogP contribution in [0.5, 0.6) is 11.5 Å². The highest BCUT2D eigenvalue weighted by molar-refractivity contribution is 5.41. The number of aliphatic hydroxyl groups excluding tert-OH is 1. The average Bonchev–Trinajstić information content (AvgIpc) is 2.09. The highest BCUT2D eigenvalue weighted by Crippen LogP contribution is 2.24. The Kier molecular flexibility index (Phi) is 2.76. The summed E-state index contributed by atoms with van der Waals surface area (Å²) >= 11 is 0. The summed E-state index contributed by atoms with van der Waals surface area (Å²) in [6.45, 7) is -0.137. The average molecular weight is 186 g/mol. The van der Waals surface area contributed by atoms with Crippen LogP contribution < -0.4 is 15.2 Å². The Hall–Kier alpha value is -1.69. The maximum Gasteiger partial charge on any atom is 0.279 e. The minimum Gasteiger partial charge on any atom is -0.710 e. The molecule has 1 aromatic heterocycles. The summed E-state index contributed by atoms with van der Waals surface area (Å²) in [4.78, 5) is 0. The number of pyridine rings is 1. The van der Waals surface area contributed by atoms with Gasteiger partial charge >= 0.3 is 0 Å². The first kappa shape index (κ1) is 9.40. The van der Waals surface area contributed by atoms with Crippen molar-refractivity contribution < 1.29 is 19.7 Å². The van der Waals surface area contributed by atoms with Crippen molar-refractivity contribution in [3.8, 4) is 11.5 Å². The first-order valence-corrected chi connectivity index (χ1v) is 3.60. The molecule has 0 fully saturated rings. The SMILES string of the molecule is Nc1cc(OCCO)c(O)c[n+]1[O-]. The van der Waals surface area contributed by atoms with Gasteiger partial charge in [0.05, 0.1) is 12.7 Å². The molecular formula is C7H10N2O4. The molecule has 0 unspecified atom stereocenters. The number of anilines is 1. The van der Waals surface area contributed by atoms with Crippen LogP contribution in [0.4, 0.5) is 5.82 Å². The van der Waals surface area contributed by atoms with Gasteiger partial charge in [0.15, 0.2) is 11.5 Å². The Morgan fingerprint density at radius 2 is 2.31 bits per heavy atom. The number of aliphatic hydroxyl groups is 1. The summed E-state index contributed by atoms with van der Waals surface area (Å²) in [5, 5.41) is 28.4. The highest BCUT2D eigenvalue weighted by Gasteiger charge is 2.08. The molecule has 13 heavy (non-hydrogen) atoms. The molecule has 0 aliphatic rings. The second-order valence-corrected chi connectivity index (χ2v) is 2.35. The fourth-order valence-electron chi connectivity index (χ4n) is 0.792. The second-order valence-electron chi connectivity index (χ2n) is 2.35. The lowest BCUT2D eigenvalue weighted by molar-refractivity contribution is -0.590.